The Morgan fingerprint density at radius 1 is 1.25 bits per heavy atom. The van der Waals surface area contributed by atoms with E-state index in [1.165, 1.54) is 15.3 Å². The first-order chi connectivity index (χ1) is 9.54. The maximum Gasteiger partial charge on any atom is 0.238 e. The van der Waals surface area contributed by atoms with Gasteiger partial charge in [-0.1, -0.05) is 15.9 Å². The summed E-state index contributed by atoms with van der Waals surface area (Å²) in [4.78, 5) is 14.4. The molecule has 0 unspecified atom stereocenters. The third kappa shape index (κ3) is 4.44. The molecule has 0 saturated carbocycles. The van der Waals surface area contributed by atoms with Crippen LogP contribution in [-0.4, -0.2) is 12.5 Å². The normalized spacial score (nSPS) is 10.6. The first-order valence-electron chi connectivity index (χ1n) is 6.36. The summed E-state index contributed by atoms with van der Waals surface area (Å²) in [6.07, 6.45) is 0. The third-order valence-corrected chi connectivity index (χ3v) is 4.61. The molecule has 20 heavy (non-hydrogen) atoms. The second kappa shape index (κ2) is 7.02. The van der Waals surface area contributed by atoms with Gasteiger partial charge in [-0.15, -0.1) is 11.3 Å². The predicted molar refractivity (Wildman–Crippen MR) is 88.3 cm³/mol. The lowest BCUT2D eigenvalue weighted by Gasteiger charge is -2.06. The van der Waals surface area contributed by atoms with Gasteiger partial charge in [-0.3, -0.25) is 4.79 Å². The van der Waals surface area contributed by atoms with Crippen molar-refractivity contribution in [2.45, 2.75) is 20.4 Å². The van der Waals surface area contributed by atoms with Gasteiger partial charge in [-0.2, -0.15) is 0 Å². The van der Waals surface area contributed by atoms with Crippen LogP contribution in [-0.2, 0) is 11.3 Å². The molecule has 0 aliphatic rings. The molecule has 0 fully saturated rings. The van der Waals surface area contributed by atoms with E-state index in [0.717, 1.165) is 16.7 Å². The number of hydrogen-bond donors (Lipinski definition) is 2. The van der Waals surface area contributed by atoms with E-state index in [4.69, 9.17) is 0 Å². The van der Waals surface area contributed by atoms with Gasteiger partial charge in [0.1, 0.15) is 0 Å². The quantitative estimate of drug-likeness (QED) is 0.857. The maximum absolute atomic E-state index is 11.8. The van der Waals surface area contributed by atoms with Crippen molar-refractivity contribution in [2.75, 3.05) is 11.9 Å². The molecule has 0 saturated heterocycles. The number of hydrogen-bond acceptors (Lipinski definition) is 3. The van der Waals surface area contributed by atoms with Crippen LogP contribution in [0.3, 0.4) is 0 Å². The van der Waals surface area contributed by atoms with Crippen molar-refractivity contribution in [3.8, 4) is 0 Å². The Morgan fingerprint density at radius 3 is 2.55 bits per heavy atom. The summed E-state index contributed by atoms with van der Waals surface area (Å²) in [7, 11) is 0. The van der Waals surface area contributed by atoms with Gasteiger partial charge in [-0.25, -0.2) is 0 Å². The van der Waals surface area contributed by atoms with Crippen LogP contribution in [0, 0.1) is 13.8 Å². The highest BCUT2D eigenvalue weighted by Crippen LogP contribution is 2.20. The van der Waals surface area contributed by atoms with Gasteiger partial charge in [0.15, 0.2) is 0 Å². The maximum atomic E-state index is 11.8. The van der Waals surface area contributed by atoms with E-state index in [0.29, 0.717) is 6.54 Å². The molecule has 2 N–H and O–H groups in total. The molecule has 0 aliphatic carbocycles. The molecular weight excluding hydrogens is 336 g/mol. The minimum absolute atomic E-state index is 0.0303. The summed E-state index contributed by atoms with van der Waals surface area (Å²) in [5.41, 5.74) is 2.12. The lowest BCUT2D eigenvalue weighted by molar-refractivity contribution is -0.115. The van der Waals surface area contributed by atoms with Crippen LogP contribution in [0.4, 0.5) is 5.69 Å². The number of benzene rings is 1. The molecule has 1 aromatic heterocycles. The Hall–Kier alpha value is -1.17. The summed E-state index contributed by atoms with van der Waals surface area (Å²) in [6.45, 7) is 5.26. The van der Waals surface area contributed by atoms with Gasteiger partial charge in [0.2, 0.25) is 5.91 Å². The summed E-state index contributed by atoms with van der Waals surface area (Å²) < 4.78 is 0.997. The average molecular weight is 353 g/mol. The summed E-state index contributed by atoms with van der Waals surface area (Å²) in [6, 6.07) is 9.71. The minimum Gasteiger partial charge on any atom is -0.325 e. The number of carbonyl (C=O) groups is 1. The highest BCUT2D eigenvalue weighted by Gasteiger charge is 2.04. The monoisotopic (exact) mass is 352 g/mol. The molecule has 1 aromatic carbocycles. The highest BCUT2D eigenvalue weighted by atomic mass is 79.9. The molecule has 3 nitrogen and oxygen atoms in total. The molecule has 0 spiro atoms. The van der Waals surface area contributed by atoms with Crippen molar-refractivity contribution < 1.29 is 4.79 Å². The minimum atomic E-state index is -0.0303. The number of halogens is 1. The highest BCUT2D eigenvalue weighted by molar-refractivity contribution is 9.10. The first kappa shape index (κ1) is 15.2. The van der Waals surface area contributed by atoms with Gasteiger partial charge in [0.25, 0.3) is 0 Å². The Labute approximate surface area is 131 Å². The number of thiophene rings is 1. The molecule has 1 amide bonds. The zero-order valence-corrected chi connectivity index (χ0v) is 13.9. The SMILES string of the molecule is Cc1cc(CNCC(=O)Nc2ccc(Br)cc2)sc1C. The molecule has 2 aromatic rings. The molecule has 0 atom stereocenters. The summed E-state index contributed by atoms with van der Waals surface area (Å²) in [5.74, 6) is -0.0303. The van der Waals surface area contributed by atoms with Crippen LogP contribution < -0.4 is 10.6 Å². The van der Waals surface area contributed by atoms with Gasteiger partial charge < -0.3 is 10.6 Å². The largest absolute Gasteiger partial charge is 0.325 e. The van der Waals surface area contributed by atoms with Crippen molar-refractivity contribution in [1.82, 2.24) is 5.32 Å². The van der Waals surface area contributed by atoms with Crippen LogP contribution in [0.2, 0.25) is 0 Å². The second-order valence-corrected chi connectivity index (χ2v) is 6.87. The van der Waals surface area contributed by atoms with E-state index in [1.807, 2.05) is 24.3 Å². The fraction of sp³-hybridized carbons (Fsp3) is 0.267. The van der Waals surface area contributed by atoms with Crippen molar-refractivity contribution in [3.63, 3.8) is 0 Å². The number of anilines is 1. The van der Waals surface area contributed by atoms with Crippen LogP contribution in [0.15, 0.2) is 34.8 Å². The van der Waals surface area contributed by atoms with Crippen LogP contribution in [0.5, 0.6) is 0 Å². The molecule has 106 valence electrons. The number of carbonyl (C=O) groups excluding carboxylic acids is 1. The lowest BCUT2D eigenvalue weighted by atomic mass is 10.3. The van der Waals surface area contributed by atoms with E-state index in [2.05, 4.69) is 46.5 Å². The fourth-order valence-corrected chi connectivity index (χ4v) is 3.06. The molecule has 0 radical (unpaired) electrons. The standard InChI is InChI=1S/C15H17BrN2OS/c1-10-7-14(20-11(10)2)8-17-9-15(19)18-13-5-3-12(16)4-6-13/h3-7,17H,8-9H2,1-2H3,(H,18,19). The van der Waals surface area contributed by atoms with E-state index in [9.17, 15) is 4.79 Å². The van der Waals surface area contributed by atoms with Crippen LogP contribution in [0.25, 0.3) is 0 Å². The molecule has 0 bridgehead atoms. The van der Waals surface area contributed by atoms with Crippen molar-refractivity contribution in [3.05, 3.63) is 50.1 Å². The topological polar surface area (TPSA) is 41.1 Å². The zero-order valence-electron chi connectivity index (χ0n) is 11.5. The van der Waals surface area contributed by atoms with Gasteiger partial charge in [0.05, 0.1) is 6.54 Å². The van der Waals surface area contributed by atoms with E-state index >= 15 is 0 Å². The molecular formula is C15H17BrN2OS. The van der Waals surface area contributed by atoms with Crippen LogP contribution in [0.1, 0.15) is 15.3 Å². The van der Waals surface area contributed by atoms with Gasteiger partial charge >= 0.3 is 0 Å². The number of nitrogens with one attached hydrogen (secondary N) is 2. The predicted octanol–water partition coefficient (Wildman–Crippen LogP) is 3.86. The number of rotatable bonds is 5. The second-order valence-electron chi connectivity index (χ2n) is 4.61. The van der Waals surface area contributed by atoms with Gasteiger partial charge in [0, 0.05) is 26.5 Å². The molecule has 1 heterocycles. The Bertz CT molecular complexity index is 573. The van der Waals surface area contributed by atoms with E-state index < -0.39 is 0 Å². The zero-order chi connectivity index (χ0) is 14.5. The Kier molecular flexibility index (Phi) is 5.34. The van der Waals surface area contributed by atoms with Crippen molar-refractivity contribution in [1.29, 1.82) is 0 Å². The number of amides is 1. The lowest BCUT2D eigenvalue weighted by Crippen LogP contribution is -2.27. The Balaban J connectivity index is 1.76. The van der Waals surface area contributed by atoms with E-state index in [-0.39, 0.29) is 5.91 Å². The third-order valence-electron chi connectivity index (χ3n) is 2.93. The summed E-state index contributed by atoms with van der Waals surface area (Å²) in [5, 5.41) is 6.02. The molecule has 2 rings (SSSR count). The van der Waals surface area contributed by atoms with Gasteiger partial charge in [-0.05, 0) is 49.7 Å². The smallest absolute Gasteiger partial charge is 0.238 e. The van der Waals surface area contributed by atoms with E-state index in [1.54, 1.807) is 11.3 Å². The van der Waals surface area contributed by atoms with Crippen molar-refractivity contribution >= 4 is 38.9 Å². The number of aryl methyl sites for hydroxylation is 2. The fourth-order valence-electron chi connectivity index (χ4n) is 1.77. The van der Waals surface area contributed by atoms with Crippen molar-refractivity contribution in [2.24, 2.45) is 0 Å². The molecule has 5 heteroatoms. The van der Waals surface area contributed by atoms with Crippen LogP contribution >= 0.6 is 27.3 Å². The molecule has 0 aliphatic heterocycles. The Morgan fingerprint density at radius 2 is 1.95 bits per heavy atom. The summed E-state index contributed by atoms with van der Waals surface area (Å²) >= 11 is 5.14. The first-order valence-corrected chi connectivity index (χ1v) is 7.97. The average Bonchev–Trinajstić information content (AvgIpc) is 2.71.